The van der Waals surface area contributed by atoms with Crippen molar-refractivity contribution in [2.45, 2.75) is 19.9 Å². The van der Waals surface area contributed by atoms with Gasteiger partial charge in [-0.05, 0) is 13.8 Å². The molecule has 15 heavy (non-hydrogen) atoms. The molecule has 1 heterocycles. The predicted octanol–water partition coefficient (Wildman–Crippen LogP) is 2.67. The van der Waals surface area contributed by atoms with E-state index in [4.69, 9.17) is 10.3 Å². The van der Waals surface area contributed by atoms with Crippen molar-refractivity contribution in [3.8, 4) is 11.3 Å². The Balaban J connectivity index is 2.33. The molecule has 0 fully saturated rings. The van der Waals surface area contributed by atoms with Gasteiger partial charge in [-0.15, -0.1) is 0 Å². The summed E-state index contributed by atoms with van der Waals surface area (Å²) in [5.41, 5.74) is 8.81. The Morgan fingerprint density at radius 1 is 1.27 bits per heavy atom. The monoisotopic (exact) mass is 202 g/mol. The van der Waals surface area contributed by atoms with Crippen LogP contribution in [0.1, 0.15) is 24.3 Å². The molecular formula is C12H14N2O. The van der Waals surface area contributed by atoms with E-state index in [1.807, 2.05) is 25.1 Å². The fourth-order valence-corrected chi connectivity index (χ4v) is 1.36. The molecule has 2 rings (SSSR count). The minimum absolute atomic E-state index is 0.114. The molecule has 78 valence electrons. The number of hydrogen-bond acceptors (Lipinski definition) is 3. The van der Waals surface area contributed by atoms with Gasteiger partial charge < -0.3 is 10.3 Å². The van der Waals surface area contributed by atoms with Crippen molar-refractivity contribution < 1.29 is 4.52 Å². The minimum atomic E-state index is -0.114. The van der Waals surface area contributed by atoms with Crippen molar-refractivity contribution in [1.82, 2.24) is 5.16 Å². The van der Waals surface area contributed by atoms with Crippen LogP contribution < -0.4 is 5.73 Å². The lowest BCUT2D eigenvalue weighted by atomic mass is 10.1. The Bertz CT molecular complexity index is 443. The third kappa shape index (κ3) is 2.07. The van der Waals surface area contributed by atoms with Crippen LogP contribution in [0.4, 0.5) is 0 Å². The molecule has 2 N–H and O–H groups in total. The van der Waals surface area contributed by atoms with Crippen LogP contribution in [0.15, 0.2) is 34.9 Å². The summed E-state index contributed by atoms with van der Waals surface area (Å²) in [4.78, 5) is 0. The summed E-state index contributed by atoms with van der Waals surface area (Å²) in [6, 6.07) is 9.92. The third-order valence-electron chi connectivity index (χ3n) is 2.32. The van der Waals surface area contributed by atoms with E-state index in [9.17, 15) is 0 Å². The Kier molecular flexibility index (Phi) is 2.56. The fraction of sp³-hybridized carbons (Fsp3) is 0.250. The Morgan fingerprint density at radius 2 is 1.93 bits per heavy atom. The second kappa shape index (κ2) is 3.87. The molecule has 0 radical (unpaired) electrons. The van der Waals surface area contributed by atoms with Gasteiger partial charge in [0.25, 0.3) is 0 Å². The second-order valence-corrected chi connectivity index (χ2v) is 3.77. The molecule has 2 aromatic rings. The number of hydrogen-bond donors (Lipinski definition) is 1. The first-order valence-corrected chi connectivity index (χ1v) is 4.96. The molecule has 0 saturated heterocycles. The molecule has 0 aliphatic carbocycles. The van der Waals surface area contributed by atoms with Gasteiger partial charge in [0.15, 0.2) is 5.76 Å². The van der Waals surface area contributed by atoms with E-state index in [2.05, 4.69) is 24.2 Å². The quantitative estimate of drug-likeness (QED) is 0.814. The Hall–Kier alpha value is -1.61. The lowest BCUT2D eigenvalue weighted by Gasteiger charge is -1.96. The van der Waals surface area contributed by atoms with Gasteiger partial charge in [0.1, 0.15) is 5.69 Å². The molecule has 1 aromatic heterocycles. The number of benzene rings is 1. The second-order valence-electron chi connectivity index (χ2n) is 3.77. The van der Waals surface area contributed by atoms with Gasteiger partial charge in [-0.25, -0.2) is 0 Å². The van der Waals surface area contributed by atoms with Gasteiger partial charge in [0.2, 0.25) is 0 Å². The maximum Gasteiger partial charge on any atom is 0.153 e. The summed E-state index contributed by atoms with van der Waals surface area (Å²) >= 11 is 0. The Morgan fingerprint density at radius 3 is 2.47 bits per heavy atom. The van der Waals surface area contributed by atoms with E-state index in [-0.39, 0.29) is 6.04 Å². The summed E-state index contributed by atoms with van der Waals surface area (Å²) in [5, 5.41) is 3.98. The van der Waals surface area contributed by atoms with Gasteiger partial charge in [-0.3, -0.25) is 0 Å². The van der Waals surface area contributed by atoms with E-state index in [0.717, 1.165) is 11.3 Å². The number of rotatable bonds is 2. The van der Waals surface area contributed by atoms with E-state index in [1.54, 1.807) is 0 Å². The minimum Gasteiger partial charge on any atom is -0.359 e. The third-order valence-corrected chi connectivity index (χ3v) is 2.32. The Labute approximate surface area is 88.9 Å². The summed E-state index contributed by atoms with van der Waals surface area (Å²) < 4.78 is 5.14. The van der Waals surface area contributed by atoms with Crippen molar-refractivity contribution in [2.75, 3.05) is 0 Å². The van der Waals surface area contributed by atoms with Crippen LogP contribution in [0.3, 0.4) is 0 Å². The summed E-state index contributed by atoms with van der Waals surface area (Å²) in [7, 11) is 0. The van der Waals surface area contributed by atoms with E-state index >= 15 is 0 Å². The smallest absolute Gasteiger partial charge is 0.153 e. The molecule has 0 aliphatic rings. The van der Waals surface area contributed by atoms with Crippen LogP contribution in [0, 0.1) is 6.92 Å². The normalized spacial score (nSPS) is 12.7. The maximum absolute atomic E-state index is 5.70. The van der Waals surface area contributed by atoms with Gasteiger partial charge in [0.05, 0.1) is 6.04 Å². The van der Waals surface area contributed by atoms with Crippen molar-refractivity contribution in [2.24, 2.45) is 5.73 Å². The van der Waals surface area contributed by atoms with Crippen LogP contribution in [-0.2, 0) is 0 Å². The molecule has 3 heteroatoms. The van der Waals surface area contributed by atoms with Crippen molar-refractivity contribution in [3.05, 3.63) is 41.7 Å². The average Bonchev–Trinajstić information content (AvgIpc) is 2.68. The first-order valence-electron chi connectivity index (χ1n) is 4.96. The maximum atomic E-state index is 5.70. The van der Waals surface area contributed by atoms with Crippen LogP contribution in [-0.4, -0.2) is 5.16 Å². The molecule has 0 saturated carbocycles. The number of nitrogens with zero attached hydrogens (tertiary/aromatic N) is 1. The molecule has 3 nitrogen and oxygen atoms in total. The molecule has 0 bridgehead atoms. The first kappa shape index (κ1) is 9.93. The standard InChI is InChI=1S/C12H14N2O/c1-8-3-5-10(6-4-8)11-7-12(9(2)13)15-14-11/h3-7,9H,13H2,1-2H3. The van der Waals surface area contributed by atoms with E-state index in [0.29, 0.717) is 5.76 Å². The molecule has 1 atom stereocenters. The highest BCUT2D eigenvalue weighted by atomic mass is 16.5. The zero-order valence-corrected chi connectivity index (χ0v) is 8.90. The SMILES string of the molecule is Cc1ccc(-c2cc(C(C)N)on2)cc1. The fourth-order valence-electron chi connectivity index (χ4n) is 1.36. The topological polar surface area (TPSA) is 52.0 Å². The molecule has 0 amide bonds. The lowest BCUT2D eigenvalue weighted by Crippen LogP contribution is -2.02. The number of aromatic nitrogens is 1. The summed E-state index contributed by atoms with van der Waals surface area (Å²) in [5.74, 6) is 0.713. The van der Waals surface area contributed by atoms with Gasteiger partial charge in [-0.1, -0.05) is 35.0 Å². The zero-order valence-electron chi connectivity index (χ0n) is 8.90. The summed E-state index contributed by atoms with van der Waals surface area (Å²) in [6.07, 6.45) is 0. The highest BCUT2D eigenvalue weighted by Crippen LogP contribution is 2.21. The molecule has 1 unspecified atom stereocenters. The lowest BCUT2D eigenvalue weighted by molar-refractivity contribution is 0.369. The highest BCUT2D eigenvalue weighted by Gasteiger charge is 2.09. The van der Waals surface area contributed by atoms with Crippen LogP contribution in [0.2, 0.25) is 0 Å². The van der Waals surface area contributed by atoms with Crippen molar-refractivity contribution >= 4 is 0 Å². The van der Waals surface area contributed by atoms with E-state index in [1.165, 1.54) is 5.56 Å². The van der Waals surface area contributed by atoms with Crippen LogP contribution >= 0.6 is 0 Å². The predicted molar refractivity (Wildman–Crippen MR) is 59.3 cm³/mol. The van der Waals surface area contributed by atoms with Crippen LogP contribution in [0.5, 0.6) is 0 Å². The van der Waals surface area contributed by atoms with E-state index < -0.39 is 0 Å². The summed E-state index contributed by atoms with van der Waals surface area (Å²) in [6.45, 7) is 3.93. The number of nitrogens with two attached hydrogens (primary N) is 1. The van der Waals surface area contributed by atoms with Gasteiger partial charge in [0, 0.05) is 11.6 Å². The molecule has 1 aromatic carbocycles. The molecular weight excluding hydrogens is 188 g/mol. The van der Waals surface area contributed by atoms with Gasteiger partial charge in [-0.2, -0.15) is 0 Å². The first-order chi connectivity index (χ1) is 7.16. The molecule has 0 spiro atoms. The van der Waals surface area contributed by atoms with Crippen molar-refractivity contribution in [1.29, 1.82) is 0 Å². The largest absolute Gasteiger partial charge is 0.359 e. The number of aryl methyl sites for hydroxylation is 1. The van der Waals surface area contributed by atoms with Crippen molar-refractivity contribution in [3.63, 3.8) is 0 Å². The average molecular weight is 202 g/mol. The van der Waals surface area contributed by atoms with Gasteiger partial charge >= 0.3 is 0 Å². The zero-order chi connectivity index (χ0) is 10.8. The molecule has 0 aliphatic heterocycles. The highest BCUT2D eigenvalue weighted by molar-refractivity contribution is 5.59. The van der Waals surface area contributed by atoms with Crippen LogP contribution in [0.25, 0.3) is 11.3 Å².